The van der Waals surface area contributed by atoms with Gasteiger partial charge in [0.2, 0.25) is 5.91 Å². The maximum atomic E-state index is 13.1. The third-order valence-corrected chi connectivity index (χ3v) is 5.39. The van der Waals surface area contributed by atoms with Crippen LogP contribution in [0.5, 0.6) is 0 Å². The Bertz CT molecular complexity index is 1100. The van der Waals surface area contributed by atoms with Gasteiger partial charge in [-0.3, -0.25) is 4.79 Å². The monoisotopic (exact) mass is 438 g/mol. The van der Waals surface area contributed by atoms with Gasteiger partial charge in [0, 0.05) is 18.8 Å². The zero-order valence-corrected chi connectivity index (χ0v) is 16.7. The lowest BCUT2D eigenvalue weighted by molar-refractivity contribution is -0.137. The van der Waals surface area contributed by atoms with E-state index < -0.39 is 16.8 Å². The second-order valence-electron chi connectivity index (χ2n) is 7.18. The maximum absolute atomic E-state index is 13.1. The lowest BCUT2D eigenvalue weighted by Gasteiger charge is -2.32. The van der Waals surface area contributed by atoms with Crippen molar-refractivity contribution >= 4 is 34.7 Å². The van der Waals surface area contributed by atoms with E-state index in [1.807, 2.05) is 11.0 Å². The van der Waals surface area contributed by atoms with Gasteiger partial charge in [-0.25, -0.2) is 0 Å². The number of piperidine rings is 1. The van der Waals surface area contributed by atoms with E-state index in [1.54, 1.807) is 17.5 Å². The first-order valence-corrected chi connectivity index (χ1v) is 9.72. The average molecular weight is 439 g/mol. The Labute approximate surface area is 174 Å². The second kappa shape index (κ2) is 7.75. The summed E-state index contributed by atoms with van der Waals surface area (Å²) in [5, 5.41) is 14.7. The Morgan fingerprint density at radius 2 is 2.03 bits per heavy atom. The van der Waals surface area contributed by atoms with Crippen molar-refractivity contribution in [2.45, 2.75) is 25.9 Å². The highest BCUT2D eigenvalue weighted by Crippen LogP contribution is 2.36. The van der Waals surface area contributed by atoms with Crippen LogP contribution in [0.15, 0.2) is 30.3 Å². The zero-order valence-electron chi connectivity index (χ0n) is 15.9. The van der Waals surface area contributed by atoms with Crippen molar-refractivity contribution in [1.82, 2.24) is 19.8 Å². The molecule has 1 saturated heterocycles. The van der Waals surface area contributed by atoms with Gasteiger partial charge >= 0.3 is 6.18 Å². The van der Waals surface area contributed by atoms with Crippen LogP contribution in [0.4, 0.5) is 24.7 Å². The van der Waals surface area contributed by atoms with Crippen LogP contribution in [-0.2, 0) is 11.0 Å². The van der Waals surface area contributed by atoms with Crippen molar-refractivity contribution in [1.29, 1.82) is 0 Å². The molecular weight excluding hydrogens is 421 g/mol. The van der Waals surface area contributed by atoms with Gasteiger partial charge < -0.3 is 10.2 Å². The van der Waals surface area contributed by atoms with Crippen LogP contribution in [0.1, 0.15) is 24.2 Å². The normalized spacial score (nSPS) is 17.4. The number of hydrogen-bond donors (Lipinski definition) is 1. The predicted molar refractivity (Wildman–Crippen MR) is 106 cm³/mol. The predicted octanol–water partition coefficient (Wildman–Crippen LogP) is 3.96. The van der Waals surface area contributed by atoms with E-state index >= 15 is 0 Å². The van der Waals surface area contributed by atoms with Gasteiger partial charge in [0.05, 0.1) is 16.5 Å². The molecule has 1 atom stereocenters. The molecule has 1 N–H and O–H groups in total. The molecule has 1 aromatic carbocycles. The van der Waals surface area contributed by atoms with Crippen molar-refractivity contribution < 1.29 is 18.0 Å². The Kier molecular flexibility index (Phi) is 5.27. The van der Waals surface area contributed by atoms with E-state index in [2.05, 4.69) is 20.6 Å². The molecule has 0 aliphatic carbocycles. The summed E-state index contributed by atoms with van der Waals surface area (Å²) < 4.78 is 40.8. The summed E-state index contributed by atoms with van der Waals surface area (Å²) in [5.41, 5.74) is -0.284. The quantitative estimate of drug-likeness (QED) is 0.670. The minimum absolute atomic E-state index is 0.0634. The lowest BCUT2D eigenvalue weighted by atomic mass is 9.97. The topological polar surface area (TPSA) is 75.4 Å². The fourth-order valence-electron chi connectivity index (χ4n) is 3.52. The molecule has 0 spiro atoms. The van der Waals surface area contributed by atoms with E-state index in [9.17, 15) is 18.0 Å². The molecule has 4 rings (SSSR count). The number of benzene rings is 1. The summed E-state index contributed by atoms with van der Waals surface area (Å²) >= 11 is 5.64. The SMILES string of the molecule is Cc1nnc2ccc(N3CCC[C@@H](C(=O)Nc4ccc(Cl)c(C(F)(F)F)c4)C3)nn12. The number of aromatic nitrogens is 4. The first-order chi connectivity index (χ1) is 14.2. The molecule has 1 aliphatic rings. The molecule has 0 saturated carbocycles. The van der Waals surface area contributed by atoms with E-state index in [1.165, 1.54) is 6.07 Å². The molecule has 2 aromatic heterocycles. The number of carbonyl (C=O) groups is 1. The van der Waals surface area contributed by atoms with E-state index in [4.69, 9.17) is 11.6 Å². The summed E-state index contributed by atoms with van der Waals surface area (Å²) in [5.74, 6) is 0.620. The van der Waals surface area contributed by atoms with Gasteiger partial charge in [0.15, 0.2) is 11.5 Å². The molecule has 3 heterocycles. The van der Waals surface area contributed by atoms with Crippen molar-refractivity contribution in [2.24, 2.45) is 5.92 Å². The standard InChI is InChI=1S/C19H18ClF3N6O/c1-11-25-26-16-6-7-17(27-29(11)16)28-8-2-3-12(10-28)18(30)24-13-4-5-15(20)14(9-13)19(21,22)23/h4-7,9,12H,2-3,8,10H2,1H3,(H,24,30)/t12-/m1/s1. The average Bonchev–Trinajstić information content (AvgIpc) is 3.09. The highest BCUT2D eigenvalue weighted by molar-refractivity contribution is 6.31. The molecular formula is C19H18ClF3N6O. The van der Waals surface area contributed by atoms with Gasteiger partial charge in [0.1, 0.15) is 5.82 Å². The molecule has 11 heteroatoms. The van der Waals surface area contributed by atoms with Crippen LogP contribution in [-0.4, -0.2) is 38.8 Å². The van der Waals surface area contributed by atoms with Gasteiger partial charge in [-0.05, 0) is 50.1 Å². The first-order valence-electron chi connectivity index (χ1n) is 9.34. The Morgan fingerprint density at radius 1 is 1.23 bits per heavy atom. The first kappa shape index (κ1) is 20.4. The number of hydrogen-bond acceptors (Lipinski definition) is 5. The number of carbonyl (C=O) groups excluding carboxylic acids is 1. The Balaban J connectivity index is 1.49. The molecule has 3 aromatic rings. The molecule has 7 nitrogen and oxygen atoms in total. The Morgan fingerprint density at radius 3 is 2.80 bits per heavy atom. The van der Waals surface area contributed by atoms with E-state index in [0.717, 1.165) is 25.1 Å². The highest BCUT2D eigenvalue weighted by Gasteiger charge is 2.34. The van der Waals surface area contributed by atoms with Crippen molar-refractivity contribution in [3.05, 3.63) is 46.7 Å². The molecule has 158 valence electrons. The molecule has 30 heavy (non-hydrogen) atoms. The minimum Gasteiger partial charge on any atom is -0.354 e. The van der Waals surface area contributed by atoms with E-state index in [-0.39, 0.29) is 17.5 Å². The van der Waals surface area contributed by atoms with Crippen LogP contribution in [0.25, 0.3) is 5.65 Å². The maximum Gasteiger partial charge on any atom is 0.417 e. The van der Waals surface area contributed by atoms with Crippen molar-refractivity contribution in [2.75, 3.05) is 23.3 Å². The van der Waals surface area contributed by atoms with Gasteiger partial charge in [-0.1, -0.05) is 11.6 Å². The fourth-order valence-corrected chi connectivity index (χ4v) is 3.74. The molecule has 1 fully saturated rings. The number of fused-ring (bicyclic) bond motifs is 1. The minimum atomic E-state index is -4.59. The van der Waals surface area contributed by atoms with Crippen molar-refractivity contribution in [3.63, 3.8) is 0 Å². The number of amides is 1. The largest absolute Gasteiger partial charge is 0.417 e. The van der Waals surface area contributed by atoms with Crippen LogP contribution >= 0.6 is 11.6 Å². The smallest absolute Gasteiger partial charge is 0.354 e. The molecule has 0 bridgehead atoms. The van der Waals surface area contributed by atoms with Gasteiger partial charge in [-0.15, -0.1) is 15.3 Å². The zero-order chi connectivity index (χ0) is 21.5. The fraction of sp³-hybridized carbons (Fsp3) is 0.368. The molecule has 0 radical (unpaired) electrons. The van der Waals surface area contributed by atoms with Crippen LogP contribution in [0.3, 0.4) is 0 Å². The van der Waals surface area contributed by atoms with Gasteiger partial charge in [-0.2, -0.15) is 17.7 Å². The summed E-state index contributed by atoms with van der Waals surface area (Å²) in [4.78, 5) is 14.7. The van der Waals surface area contributed by atoms with E-state index in [0.29, 0.717) is 30.3 Å². The third kappa shape index (κ3) is 4.04. The number of alkyl halides is 3. The van der Waals surface area contributed by atoms with Crippen LogP contribution in [0.2, 0.25) is 5.02 Å². The number of rotatable bonds is 3. The Hall–Kier alpha value is -2.88. The molecule has 1 aliphatic heterocycles. The van der Waals surface area contributed by atoms with Crippen molar-refractivity contribution in [3.8, 4) is 0 Å². The summed E-state index contributed by atoms with van der Waals surface area (Å²) in [7, 11) is 0. The molecule has 1 amide bonds. The molecule has 0 unspecified atom stereocenters. The second-order valence-corrected chi connectivity index (χ2v) is 7.58. The number of nitrogens with zero attached hydrogens (tertiary/aromatic N) is 5. The lowest BCUT2D eigenvalue weighted by Crippen LogP contribution is -2.41. The van der Waals surface area contributed by atoms with Gasteiger partial charge in [0.25, 0.3) is 0 Å². The summed E-state index contributed by atoms with van der Waals surface area (Å²) in [6.07, 6.45) is -3.20. The number of nitrogens with one attached hydrogen (secondary N) is 1. The van der Waals surface area contributed by atoms with Crippen LogP contribution in [0, 0.1) is 12.8 Å². The number of anilines is 2. The van der Waals surface area contributed by atoms with Crippen LogP contribution < -0.4 is 10.2 Å². The summed E-state index contributed by atoms with van der Waals surface area (Å²) in [6.45, 7) is 2.93. The third-order valence-electron chi connectivity index (χ3n) is 5.06. The number of halogens is 4. The summed E-state index contributed by atoms with van der Waals surface area (Å²) in [6, 6.07) is 6.97. The highest BCUT2D eigenvalue weighted by atomic mass is 35.5. The number of aryl methyl sites for hydroxylation is 1.